The van der Waals surface area contributed by atoms with Crippen LogP contribution in [0.1, 0.15) is 5.56 Å². The molecule has 3 N–H and O–H groups in total. The van der Waals surface area contributed by atoms with Crippen molar-refractivity contribution in [2.75, 3.05) is 0 Å². The third-order valence-electron chi connectivity index (χ3n) is 2.20. The van der Waals surface area contributed by atoms with Crippen LogP contribution in [0.5, 0.6) is 0 Å². The molecule has 0 radical (unpaired) electrons. The van der Waals surface area contributed by atoms with Gasteiger partial charge in [-0.2, -0.15) is 0 Å². The van der Waals surface area contributed by atoms with Gasteiger partial charge in [-0.05, 0) is 34.9 Å². The number of nitrogens with one attached hydrogen (secondary N) is 1. The van der Waals surface area contributed by atoms with E-state index in [0.717, 1.165) is 6.42 Å². The number of allylic oxidation sites excluding steroid dienone is 1. The Bertz CT molecular complexity index is 511. The first-order valence-electron chi connectivity index (χ1n) is 4.73. The Labute approximate surface area is 92.5 Å². The minimum atomic E-state index is 0.106. The molecule has 2 nitrogen and oxygen atoms in total. The molecule has 0 saturated heterocycles. The lowest BCUT2D eigenvalue weighted by atomic mass is 10.1. The molecular weight excluding hydrogens is 204 g/mol. The average Bonchev–Trinajstić information content (AvgIpc) is 2.62. The number of nitrogens with two attached hydrogens (primary N) is 1. The highest BCUT2D eigenvalue weighted by Crippen LogP contribution is 2.25. The van der Waals surface area contributed by atoms with Crippen molar-refractivity contribution >= 4 is 27.3 Å². The van der Waals surface area contributed by atoms with E-state index in [1.807, 2.05) is 18.2 Å². The van der Waals surface area contributed by atoms with Gasteiger partial charge in [0.2, 0.25) is 0 Å². The third-order valence-corrected chi connectivity index (χ3v) is 3.21. The maximum absolute atomic E-state index is 7.08. The molecule has 0 atom stereocenters. The molecule has 15 heavy (non-hydrogen) atoms. The SMILES string of the molecule is N=C(N)C=CCc1csc2ccccc12. The number of rotatable bonds is 3. The Balaban J connectivity index is 2.25. The van der Waals surface area contributed by atoms with Crippen LogP contribution in [0, 0.1) is 5.41 Å². The lowest BCUT2D eigenvalue weighted by Gasteiger charge is -1.93. The van der Waals surface area contributed by atoms with Crippen LogP contribution in [0.4, 0.5) is 0 Å². The van der Waals surface area contributed by atoms with E-state index >= 15 is 0 Å². The molecule has 0 aliphatic carbocycles. The summed E-state index contributed by atoms with van der Waals surface area (Å²) in [6, 6.07) is 8.35. The molecule has 0 unspecified atom stereocenters. The van der Waals surface area contributed by atoms with Crippen molar-refractivity contribution in [3.05, 3.63) is 47.4 Å². The summed E-state index contributed by atoms with van der Waals surface area (Å²) >= 11 is 1.75. The molecule has 0 spiro atoms. The minimum absolute atomic E-state index is 0.106. The number of fused-ring (bicyclic) bond motifs is 1. The maximum Gasteiger partial charge on any atom is 0.114 e. The molecule has 2 rings (SSSR count). The second-order valence-corrected chi connectivity index (χ2v) is 4.23. The molecule has 0 aliphatic rings. The van der Waals surface area contributed by atoms with Crippen molar-refractivity contribution < 1.29 is 0 Å². The quantitative estimate of drug-likeness (QED) is 0.601. The molecular formula is C12H12N2S. The smallest absolute Gasteiger partial charge is 0.114 e. The van der Waals surface area contributed by atoms with E-state index in [1.54, 1.807) is 17.4 Å². The molecule has 2 aromatic rings. The second-order valence-electron chi connectivity index (χ2n) is 3.32. The van der Waals surface area contributed by atoms with Gasteiger partial charge in [0.15, 0.2) is 0 Å². The van der Waals surface area contributed by atoms with Gasteiger partial charge >= 0.3 is 0 Å². The Morgan fingerprint density at radius 1 is 1.40 bits per heavy atom. The van der Waals surface area contributed by atoms with E-state index in [4.69, 9.17) is 11.1 Å². The summed E-state index contributed by atoms with van der Waals surface area (Å²) in [4.78, 5) is 0. The van der Waals surface area contributed by atoms with Gasteiger partial charge in [-0.1, -0.05) is 24.3 Å². The van der Waals surface area contributed by atoms with Crippen molar-refractivity contribution in [2.24, 2.45) is 5.73 Å². The molecule has 0 bridgehead atoms. The maximum atomic E-state index is 7.08. The van der Waals surface area contributed by atoms with Gasteiger partial charge in [0.25, 0.3) is 0 Å². The highest BCUT2D eigenvalue weighted by molar-refractivity contribution is 7.17. The molecule has 3 heteroatoms. The first-order chi connectivity index (χ1) is 7.27. The fourth-order valence-corrected chi connectivity index (χ4v) is 2.48. The number of hydrogen-bond acceptors (Lipinski definition) is 2. The topological polar surface area (TPSA) is 49.9 Å². The first-order valence-corrected chi connectivity index (χ1v) is 5.61. The summed E-state index contributed by atoms with van der Waals surface area (Å²) in [5, 5.41) is 10.5. The Hall–Kier alpha value is -1.61. The van der Waals surface area contributed by atoms with Crippen LogP contribution in [0.25, 0.3) is 10.1 Å². The summed E-state index contributed by atoms with van der Waals surface area (Å²) in [5.41, 5.74) is 6.54. The molecule has 0 amide bonds. The van der Waals surface area contributed by atoms with E-state index in [1.165, 1.54) is 15.6 Å². The monoisotopic (exact) mass is 216 g/mol. The van der Waals surface area contributed by atoms with Gasteiger partial charge in [0, 0.05) is 4.70 Å². The van der Waals surface area contributed by atoms with E-state index in [9.17, 15) is 0 Å². The van der Waals surface area contributed by atoms with Crippen LogP contribution in [0.2, 0.25) is 0 Å². The number of thiophene rings is 1. The van der Waals surface area contributed by atoms with Crippen LogP contribution in [-0.2, 0) is 6.42 Å². The largest absolute Gasteiger partial charge is 0.384 e. The summed E-state index contributed by atoms with van der Waals surface area (Å²) in [6.07, 6.45) is 4.40. The zero-order valence-electron chi connectivity index (χ0n) is 8.23. The van der Waals surface area contributed by atoms with Crippen LogP contribution < -0.4 is 5.73 Å². The Morgan fingerprint density at radius 2 is 2.20 bits per heavy atom. The highest BCUT2D eigenvalue weighted by Gasteiger charge is 2.00. The zero-order chi connectivity index (χ0) is 10.7. The molecule has 1 aromatic heterocycles. The van der Waals surface area contributed by atoms with E-state index < -0.39 is 0 Å². The van der Waals surface area contributed by atoms with Gasteiger partial charge < -0.3 is 5.73 Å². The predicted octanol–water partition coefficient (Wildman–Crippen LogP) is 2.94. The van der Waals surface area contributed by atoms with Crippen molar-refractivity contribution in [2.45, 2.75) is 6.42 Å². The minimum Gasteiger partial charge on any atom is -0.384 e. The van der Waals surface area contributed by atoms with Gasteiger partial charge in [-0.15, -0.1) is 11.3 Å². The van der Waals surface area contributed by atoms with Gasteiger partial charge in [-0.25, -0.2) is 0 Å². The van der Waals surface area contributed by atoms with Crippen molar-refractivity contribution in [3.63, 3.8) is 0 Å². The molecule has 0 fully saturated rings. The molecule has 0 aliphatic heterocycles. The summed E-state index contributed by atoms with van der Waals surface area (Å²) < 4.78 is 1.31. The molecule has 1 heterocycles. The van der Waals surface area contributed by atoms with Crippen molar-refractivity contribution in [1.82, 2.24) is 0 Å². The highest BCUT2D eigenvalue weighted by atomic mass is 32.1. The van der Waals surface area contributed by atoms with Crippen LogP contribution in [-0.4, -0.2) is 5.84 Å². The summed E-state index contributed by atoms with van der Waals surface area (Å²) in [7, 11) is 0. The summed E-state index contributed by atoms with van der Waals surface area (Å²) in [6.45, 7) is 0. The number of amidine groups is 1. The summed E-state index contributed by atoms with van der Waals surface area (Å²) in [5.74, 6) is 0.106. The first kappa shape index (κ1) is 9.93. The molecule has 76 valence electrons. The van der Waals surface area contributed by atoms with Crippen molar-refractivity contribution in [1.29, 1.82) is 5.41 Å². The van der Waals surface area contributed by atoms with E-state index in [2.05, 4.69) is 17.5 Å². The Kier molecular flexibility index (Phi) is 2.83. The van der Waals surface area contributed by atoms with Crippen molar-refractivity contribution in [3.8, 4) is 0 Å². The fraction of sp³-hybridized carbons (Fsp3) is 0.0833. The second kappa shape index (κ2) is 4.28. The fourth-order valence-electron chi connectivity index (χ4n) is 1.50. The third kappa shape index (κ3) is 2.25. The van der Waals surface area contributed by atoms with Crippen LogP contribution in [0.15, 0.2) is 41.8 Å². The van der Waals surface area contributed by atoms with E-state index in [0.29, 0.717) is 0 Å². The predicted molar refractivity (Wildman–Crippen MR) is 66.6 cm³/mol. The normalized spacial score (nSPS) is 11.2. The zero-order valence-corrected chi connectivity index (χ0v) is 9.05. The average molecular weight is 216 g/mol. The van der Waals surface area contributed by atoms with Crippen LogP contribution in [0.3, 0.4) is 0 Å². The lowest BCUT2D eigenvalue weighted by Crippen LogP contribution is -2.04. The van der Waals surface area contributed by atoms with Gasteiger partial charge in [0.05, 0.1) is 0 Å². The molecule has 0 saturated carbocycles. The number of benzene rings is 1. The molecule has 1 aromatic carbocycles. The van der Waals surface area contributed by atoms with Gasteiger partial charge in [0.1, 0.15) is 5.84 Å². The van der Waals surface area contributed by atoms with E-state index in [-0.39, 0.29) is 5.84 Å². The number of hydrogen-bond donors (Lipinski definition) is 2. The van der Waals surface area contributed by atoms with Crippen LogP contribution >= 0.6 is 11.3 Å². The lowest BCUT2D eigenvalue weighted by molar-refractivity contribution is 1.32. The standard InChI is InChI=1S/C12H12N2S/c13-12(14)7-3-4-9-8-15-11-6-2-1-5-10(9)11/h1-3,5-8H,4H2,(H3,13,14). The Morgan fingerprint density at radius 3 is 3.00 bits per heavy atom. The van der Waals surface area contributed by atoms with Gasteiger partial charge in [-0.3, -0.25) is 5.41 Å².